The lowest BCUT2D eigenvalue weighted by Gasteiger charge is -2.12. The predicted octanol–water partition coefficient (Wildman–Crippen LogP) is 0.877. The Kier molecular flexibility index (Phi) is 7.00. The number of aliphatic hydroxyl groups is 2. The van der Waals surface area contributed by atoms with Gasteiger partial charge in [0.1, 0.15) is 6.29 Å². The summed E-state index contributed by atoms with van der Waals surface area (Å²) in [7, 11) is 0. The number of aldehydes is 1. The third kappa shape index (κ3) is 6.31. The van der Waals surface area contributed by atoms with E-state index in [1.165, 1.54) is 0 Å². The van der Waals surface area contributed by atoms with Crippen molar-refractivity contribution in [3.05, 3.63) is 0 Å². The second-order valence-corrected chi connectivity index (χ2v) is 3.09. The van der Waals surface area contributed by atoms with Gasteiger partial charge in [0, 0.05) is 6.42 Å². The van der Waals surface area contributed by atoms with Crippen LogP contribution < -0.4 is 0 Å². The van der Waals surface area contributed by atoms with Gasteiger partial charge in [-0.3, -0.25) is 0 Å². The molecule has 0 aromatic rings. The summed E-state index contributed by atoms with van der Waals surface area (Å²) >= 11 is 0. The lowest BCUT2D eigenvalue weighted by Crippen LogP contribution is -2.17. The van der Waals surface area contributed by atoms with Crippen molar-refractivity contribution < 1.29 is 15.0 Å². The fourth-order valence-electron chi connectivity index (χ4n) is 1.08. The highest BCUT2D eigenvalue weighted by Crippen LogP contribution is 2.08. The third-order valence-corrected chi connectivity index (χ3v) is 1.80. The highest BCUT2D eigenvalue weighted by molar-refractivity contribution is 5.49. The number of carbonyl (C=O) groups excluding carboxylic acids is 1. The van der Waals surface area contributed by atoms with Crippen LogP contribution in [0.5, 0.6) is 0 Å². The average Bonchev–Trinajstić information content (AvgIpc) is 2.01. The minimum atomic E-state index is -0.672. The summed E-state index contributed by atoms with van der Waals surface area (Å²) in [5.41, 5.74) is 0. The highest BCUT2D eigenvalue weighted by Gasteiger charge is 2.10. The normalized spacial score (nSPS) is 15.6. The fourth-order valence-corrected chi connectivity index (χ4v) is 1.08. The SMILES string of the molecule is CCCCC(O)CC(O)CC=O. The standard InChI is InChI=1S/C9H18O3/c1-2-3-4-8(11)7-9(12)5-6-10/h6,8-9,11-12H,2-5,7H2,1H3. The summed E-state index contributed by atoms with van der Waals surface area (Å²) in [6.45, 7) is 2.05. The molecule has 72 valence electrons. The van der Waals surface area contributed by atoms with Crippen LogP contribution >= 0.6 is 0 Å². The first kappa shape index (κ1) is 11.6. The maximum absolute atomic E-state index is 9.97. The molecule has 0 saturated carbocycles. The van der Waals surface area contributed by atoms with Crippen molar-refractivity contribution in [1.82, 2.24) is 0 Å². The Morgan fingerprint density at radius 2 is 2.00 bits per heavy atom. The van der Waals surface area contributed by atoms with E-state index < -0.39 is 12.2 Å². The van der Waals surface area contributed by atoms with E-state index in [2.05, 4.69) is 6.92 Å². The number of carbonyl (C=O) groups is 1. The molecule has 0 saturated heterocycles. The maximum Gasteiger partial charge on any atom is 0.122 e. The molecule has 0 aromatic carbocycles. The molecule has 0 radical (unpaired) electrons. The molecule has 0 fully saturated rings. The quantitative estimate of drug-likeness (QED) is 0.563. The van der Waals surface area contributed by atoms with Gasteiger partial charge in [0.25, 0.3) is 0 Å². The second-order valence-electron chi connectivity index (χ2n) is 3.09. The minimum Gasteiger partial charge on any atom is -0.393 e. The molecular weight excluding hydrogens is 156 g/mol. The smallest absolute Gasteiger partial charge is 0.122 e. The van der Waals surface area contributed by atoms with E-state index in [9.17, 15) is 9.90 Å². The molecular formula is C9H18O3. The van der Waals surface area contributed by atoms with E-state index in [-0.39, 0.29) is 6.42 Å². The van der Waals surface area contributed by atoms with E-state index in [0.29, 0.717) is 19.1 Å². The monoisotopic (exact) mass is 174 g/mol. The first-order chi connectivity index (χ1) is 5.70. The molecule has 2 atom stereocenters. The van der Waals surface area contributed by atoms with Gasteiger partial charge in [-0.1, -0.05) is 19.8 Å². The van der Waals surface area contributed by atoms with Crippen LogP contribution in [-0.2, 0) is 4.79 Å². The zero-order chi connectivity index (χ0) is 9.40. The van der Waals surface area contributed by atoms with Crippen LogP contribution in [0.25, 0.3) is 0 Å². The van der Waals surface area contributed by atoms with Gasteiger partial charge in [0.15, 0.2) is 0 Å². The van der Waals surface area contributed by atoms with Gasteiger partial charge < -0.3 is 15.0 Å². The molecule has 3 nitrogen and oxygen atoms in total. The lowest BCUT2D eigenvalue weighted by atomic mass is 10.0. The summed E-state index contributed by atoms with van der Waals surface area (Å²) in [5.74, 6) is 0. The zero-order valence-electron chi connectivity index (χ0n) is 7.57. The zero-order valence-corrected chi connectivity index (χ0v) is 7.57. The maximum atomic E-state index is 9.97. The number of aliphatic hydroxyl groups excluding tert-OH is 2. The van der Waals surface area contributed by atoms with E-state index in [4.69, 9.17) is 5.11 Å². The molecule has 2 unspecified atom stereocenters. The van der Waals surface area contributed by atoms with Gasteiger partial charge in [-0.2, -0.15) is 0 Å². The van der Waals surface area contributed by atoms with E-state index in [1.54, 1.807) is 0 Å². The first-order valence-electron chi connectivity index (χ1n) is 4.50. The molecule has 0 aliphatic heterocycles. The molecule has 0 aromatic heterocycles. The van der Waals surface area contributed by atoms with Crippen molar-refractivity contribution in [2.45, 2.75) is 51.2 Å². The first-order valence-corrected chi connectivity index (χ1v) is 4.50. The van der Waals surface area contributed by atoms with Gasteiger partial charge >= 0.3 is 0 Å². The molecule has 0 bridgehead atoms. The number of unbranched alkanes of at least 4 members (excludes halogenated alkanes) is 1. The molecule has 12 heavy (non-hydrogen) atoms. The van der Waals surface area contributed by atoms with Crippen LogP contribution in [0, 0.1) is 0 Å². The Labute approximate surface area is 73.4 Å². The van der Waals surface area contributed by atoms with Crippen LogP contribution in [0.2, 0.25) is 0 Å². The van der Waals surface area contributed by atoms with Crippen molar-refractivity contribution in [1.29, 1.82) is 0 Å². The summed E-state index contributed by atoms with van der Waals surface area (Å²) < 4.78 is 0. The number of hydrogen-bond acceptors (Lipinski definition) is 3. The topological polar surface area (TPSA) is 57.5 Å². The van der Waals surface area contributed by atoms with Crippen molar-refractivity contribution in [2.75, 3.05) is 0 Å². The average molecular weight is 174 g/mol. The highest BCUT2D eigenvalue weighted by atomic mass is 16.3. The Morgan fingerprint density at radius 3 is 2.50 bits per heavy atom. The summed E-state index contributed by atoms with van der Waals surface area (Å²) in [4.78, 5) is 9.97. The van der Waals surface area contributed by atoms with Crippen molar-refractivity contribution in [2.24, 2.45) is 0 Å². The van der Waals surface area contributed by atoms with Gasteiger partial charge in [0.05, 0.1) is 12.2 Å². The van der Waals surface area contributed by atoms with Gasteiger partial charge in [0.2, 0.25) is 0 Å². The lowest BCUT2D eigenvalue weighted by molar-refractivity contribution is -0.109. The fraction of sp³-hybridized carbons (Fsp3) is 0.889. The second kappa shape index (κ2) is 7.25. The van der Waals surface area contributed by atoms with Gasteiger partial charge in [-0.15, -0.1) is 0 Å². The molecule has 3 heteroatoms. The summed E-state index contributed by atoms with van der Waals surface area (Å²) in [5, 5.41) is 18.4. The molecule has 2 N–H and O–H groups in total. The summed E-state index contributed by atoms with van der Waals surface area (Å²) in [6, 6.07) is 0. The molecule has 0 heterocycles. The van der Waals surface area contributed by atoms with Crippen LogP contribution in [0.1, 0.15) is 39.0 Å². The van der Waals surface area contributed by atoms with Crippen LogP contribution in [0.4, 0.5) is 0 Å². The molecule has 0 rings (SSSR count). The van der Waals surface area contributed by atoms with Gasteiger partial charge in [-0.25, -0.2) is 0 Å². The van der Waals surface area contributed by atoms with Crippen LogP contribution in [0.3, 0.4) is 0 Å². The minimum absolute atomic E-state index is 0.128. The Hall–Kier alpha value is -0.410. The molecule has 0 aliphatic rings. The van der Waals surface area contributed by atoms with E-state index in [1.807, 2.05) is 0 Å². The Bertz CT molecular complexity index is 114. The Balaban J connectivity index is 3.39. The summed E-state index contributed by atoms with van der Waals surface area (Å²) in [6.07, 6.45) is 2.72. The predicted molar refractivity (Wildman–Crippen MR) is 46.8 cm³/mol. The van der Waals surface area contributed by atoms with Crippen molar-refractivity contribution >= 4 is 6.29 Å². The van der Waals surface area contributed by atoms with E-state index in [0.717, 1.165) is 12.8 Å². The third-order valence-electron chi connectivity index (χ3n) is 1.80. The molecule has 0 spiro atoms. The largest absolute Gasteiger partial charge is 0.393 e. The van der Waals surface area contributed by atoms with Gasteiger partial charge in [-0.05, 0) is 12.8 Å². The van der Waals surface area contributed by atoms with Crippen molar-refractivity contribution in [3.8, 4) is 0 Å². The van der Waals surface area contributed by atoms with E-state index >= 15 is 0 Å². The van der Waals surface area contributed by atoms with Crippen LogP contribution in [0.15, 0.2) is 0 Å². The number of hydrogen-bond donors (Lipinski definition) is 2. The number of rotatable bonds is 7. The molecule has 0 aliphatic carbocycles. The Morgan fingerprint density at radius 1 is 1.33 bits per heavy atom. The van der Waals surface area contributed by atoms with Crippen molar-refractivity contribution in [3.63, 3.8) is 0 Å². The molecule has 0 amide bonds. The van der Waals surface area contributed by atoms with Crippen LogP contribution in [-0.4, -0.2) is 28.7 Å².